The maximum atomic E-state index is 12.2. The topological polar surface area (TPSA) is 52.3 Å². The molecular weight excluding hydrogens is 274 g/mol. The lowest BCUT2D eigenvalue weighted by Gasteiger charge is -2.31. The molecule has 0 bridgehead atoms. The highest BCUT2D eigenvalue weighted by Crippen LogP contribution is 2.34. The third-order valence-electron chi connectivity index (χ3n) is 3.14. The molecule has 2 N–H and O–H groups in total. The van der Waals surface area contributed by atoms with E-state index in [0.717, 1.165) is 0 Å². The van der Waals surface area contributed by atoms with Gasteiger partial charge in [0.1, 0.15) is 0 Å². The van der Waals surface area contributed by atoms with Crippen LogP contribution < -0.4 is 5.73 Å². The maximum Gasteiger partial charge on any atom is 0.259 e. The molecule has 2 aromatic carbocycles. The highest BCUT2D eigenvalue weighted by Gasteiger charge is 2.41. The summed E-state index contributed by atoms with van der Waals surface area (Å²) in [5, 5.41) is 0.594. The van der Waals surface area contributed by atoms with Crippen LogP contribution in [0.2, 0.25) is 5.02 Å². The number of carbonyl (C=O) groups is 1. The van der Waals surface area contributed by atoms with Crippen molar-refractivity contribution in [2.75, 3.05) is 6.61 Å². The first-order chi connectivity index (χ1) is 9.61. The predicted octanol–water partition coefficient (Wildman–Crippen LogP) is 3.11. The fourth-order valence-corrected chi connectivity index (χ4v) is 2.39. The molecule has 0 spiro atoms. The molecule has 104 valence electrons. The van der Waals surface area contributed by atoms with Crippen LogP contribution in [0.25, 0.3) is 0 Å². The van der Waals surface area contributed by atoms with Gasteiger partial charge in [-0.3, -0.25) is 4.79 Å². The highest BCUT2D eigenvalue weighted by atomic mass is 35.5. The van der Waals surface area contributed by atoms with Crippen LogP contribution in [0, 0.1) is 0 Å². The molecule has 1 atom stereocenters. The van der Waals surface area contributed by atoms with Crippen LogP contribution in [0.5, 0.6) is 0 Å². The van der Waals surface area contributed by atoms with Crippen LogP contribution in [0.4, 0.5) is 0 Å². The summed E-state index contributed by atoms with van der Waals surface area (Å²) < 4.78 is 5.79. The number of benzene rings is 2. The lowest BCUT2D eigenvalue weighted by molar-refractivity contribution is -0.139. The van der Waals surface area contributed by atoms with Crippen molar-refractivity contribution >= 4 is 17.5 Å². The van der Waals surface area contributed by atoms with Crippen molar-refractivity contribution in [2.45, 2.75) is 12.5 Å². The summed E-state index contributed by atoms with van der Waals surface area (Å²) in [5.74, 6) is -0.548. The van der Waals surface area contributed by atoms with Gasteiger partial charge in [0.15, 0.2) is 5.60 Å². The second-order valence-electron chi connectivity index (χ2n) is 4.35. The molecular formula is C16H16ClNO2. The molecule has 0 saturated heterocycles. The first kappa shape index (κ1) is 14.6. The number of rotatable bonds is 5. The van der Waals surface area contributed by atoms with E-state index in [0.29, 0.717) is 22.8 Å². The Morgan fingerprint density at radius 3 is 2.15 bits per heavy atom. The molecule has 0 aromatic heterocycles. The number of amides is 1. The Morgan fingerprint density at radius 1 is 1.10 bits per heavy atom. The second-order valence-corrected chi connectivity index (χ2v) is 4.79. The Hall–Kier alpha value is -1.84. The Balaban J connectivity index is 2.65. The van der Waals surface area contributed by atoms with Crippen LogP contribution >= 0.6 is 11.6 Å². The molecule has 0 aliphatic rings. The van der Waals surface area contributed by atoms with Crippen molar-refractivity contribution in [3.05, 3.63) is 70.7 Å². The minimum Gasteiger partial charge on any atom is -0.367 e. The van der Waals surface area contributed by atoms with E-state index in [1.807, 2.05) is 37.3 Å². The zero-order chi connectivity index (χ0) is 14.6. The van der Waals surface area contributed by atoms with E-state index in [4.69, 9.17) is 22.1 Å². The Morgan fingerprint density at radius 2 is 1.65 bits per heavy atom. The van der Waals surface area contributed by atoms with Gasteiger partial charge in [-0.2, -0.15) is 0 Å². The zero-order valence-electron chi connectivity index (χ0n) is 11.2. The van der Waals surface area contributed by atoms with Crippen molar-refractivity contribution in [3.8, 4) is 0 Å². The summed E-state index contributed by atoms with van der Waals surface area (Å²) in [4.78, 5) is 12.2. The summed E-state index contributed by atoms with van der Waals surface area (Å²) in [5.41, 5.74) is 5.75. The fraction of sp³-hybridized carbons (Fsp3) is 0.188. The number of hydrogen-bond acceptors (Lipinski definition) is 2. The third kappa shape index (κ3) is 2.55. The first-order valence-electron chi connectivity index (χ1n) is 6.36. The number of primary amides is 1. The van der Waals surface area contributed by atoms with Gasteiger partial charge in [-0.25, -0.2) is 0 Å². The minimum atomic E-state index is -1.29. The van der Waals surface area contributed by atoms with E-state index in [-0.39, 0.29) is 0 Å². The van der Waals surface area contributed by atoms with Gasteiger partial charge in [-0.05, 0) is 30.2 Å². The highest BCUT2D eigenvalue weighted by molar-refractivity contribution is 6.30. The van der Waals surface area contributed by atoms with Crippen molar-refractivity contribution in [2.24, 2.45) is 5.73 Å². The standard InChI is InChI=1S/C16H16ClNO2/c1-2-20-16(15(18)19,12-6-4-3-5-7-12)13-8-10-14(17)11-9-13/h3-11H,2H2,1H3,(H2,18,19)/t16-/m0/s1. The molecule has 0 radical (unpaired) electrons. The van der Waals surface area contributed by atoms with E-state index in [1.165, 1.54) is 0 Å². The predicted molar refractivity (Wildman–Crippen MR) is 79.5 cm³/mol. The quantitative estimate of drug-likeness (QED) is 0.919. The minimum absolute atomic E-state index is 0.362. The van der Waals surface area contributed by atoms with Crippen molar-refractivity contribution < 1.29 is 9.53 Å². The summed E-state index contributed by atoms with van der Waals surface area (Å²) in [6.07, 6.45) is 0. The molecule has 3 nitrogen and oxygen atoms in total. The van der Waals surface area contributed by atoms with E-state index < -0.39 is 11.5 Å². The number of ether oxygens (including phenoxy) is 1. The molecule has 0 aliphatic carbocycles. The molecule has 0 fully saturated rings. The molecule has 0 heterocycles. The average molecular weight is 290 g/mol. The summed E-state index contributed by atoms with van der Waals surface area (Å²) in [7, 11) is 0. The van der Waals surface area contributed by atoms with Gasteiger partial charge in [0, 0.05) is 11.6 Å². The van der Waals surface area contributed by atoms with Gasteiger partial charge in [0.05, 0.1) is 0 Å². The van der Waals surface area contributed by atoms with Crippen molar-refractivity contribution in [1.29, 1.82) is 0 Å². The van der Waals surface area contributed by atoms with Gasteiger partial charge in [0.25, 0.3) is 5.91 Å². The van der Waals surface area contributed by atoms with Gasteiger partial charge in [-0.1, -0.05) is 54.1 Å². The first-order valence-corrected chi connectivity index (χ1v) is 6.74. The number of nitrogens with two attached hydrogens (primary N) is 1. The largest absolute Gasteiger partial charge is 0.367 e. The summed E-state index contributed by atoms with van der Waals surface area (Å²) in [6, 6.07) is 16.2. The zero-order valence-corrected chi connectivity index (χ0v) is 11.9. The molecule has 2 rings (SSSR count). The van der Waals surface area contributed by atoms with Crippen LogP contribution in [0.15, 0.2) is 54.6 Å². The monoisotopic (exact) mass is 289 g/mol. The normalized spacial score (nSPS) is 13.7. The third-order valence-corrected chi connectivity index (χ3v) is 3.39. The maximum absolute atomic E-state index is 12.2. The number of carbonyl (C=O) groups excluding carboxylic acids is 1. The van der Waals surface area contributed by atoms with Crippen LogP contribution in [0.3, 0.4) is 0 Å². The van der Waals surface area contributed by atoms with Crippen LogP contribution in [-0.2, 0) is 15.1 Å². The van der Waals surface area contributed by atoms with Crippen molar-refractivity contribution in [3.63, 3.8) is 0 Å². The Bertz CT molecular complexity index is 583. The van der Waals surface area contributed by atoms with E-state index in [9.17, 15) is 4.79 Å². The van der Waals surface area contributed by atoms with Crippen LogP contribution in [0.1, 0.15) is 18.1 Å². The van der Waals surface area contributed by atoms with Gasteiger partial charge in [0.2, 0.25) is 0 Å². The van der Waals surface area contributed by atoms with Gasteiger partial charge in [-0.15, -0.1) is 0 Å². The van der Waals surface area contributed by atoms with Crippen LogP contribution in [-0.4, -0.2) is 12.5 Å². The van der Waals surface area contributed by atoms with E-state index >= 15 is 0 Å². The van der Waals surface area contributed by atoms with Crippen molar-refractivity contribution in [1.82, 2.24) is 0 Å². The molecule has 0 aliphatic heterocycles. The molecule has 2 aromatic rings. The lowest BCUT2D eigenvalue weighted by atomic mass is 9.85. The summed E-state index contributed by atoms with van der Waals surface area (Å²) in [6.45, 7) is 2.19. The van der Waals surface area contributed by atoms with E-state index in [2.05, 4.69) is 0 Å². The Kier molecular flexibility index (Phi) is 4.42. The lowest BCUT2D eigenvalue weighted by Crippen LogP contribution is -2.44. The molecule has 20 heavy (non-hydrogen) atoms. The number of halogens is 1. The second kappa shape index (κ2) is 6.07. The summed E-state index contributed by atoms with van der Waals surface area (Å²) >= 11 is 5.91. The van der Waals surface area contributed by atoms with E-state index in [1.54, 1.807) is 24.3 Å². The molecule has 0 saturated carbocycles. The fourth-order valence-electron chi connectivity index (χ4n) is 2.26. The number of hydrogen-bond donors (Lipinski definition) is 1. The SMILES string of the molecule is CCO[C@@](C(N)=O)(c1ccccc1)c1ccc(Cl)cc1. The Labute approximate surface area is 123 Å². The molecule has 0 unspecified atom stereocenters. The average Bonchev–Trinajstić information content (AvgIpc) is 2.46. The van der Waals surface area contributed by atoms with Gasteiger partial charge >= 0.3 is 0 Å². The van der Waals surface area contributed by atoms with Gasteiger partial charge < -0.3 is 10.5 Å². The molecule has 4 heteroatoms. The molecule has 1 amide bonds. The smallest absolute Gasteiger partial charge is 0.259 e.